The predicted octanol–water partition coefficient (Wildman–Crippen LogP) is 4.03. The number of nitrogens with one attached hydrogen (secondary N) is 1. The summed E-state index contributed by atoms with van der Waals surface area (Å²) in [6.45, 7) is 8.10. The molecule has 1 aliphatic rings. The molecule has 0 bridgehead atoms. The molecule has 3 rings (SSSR count). The lowest BCUT2D eigenvalue weighted by Crippen LogP contribution is -2.40. The van der Waals surface area contributed by atoms with Crippen LogP contribution in [0.4, 0.5) is 0 Å². The van der Waals surface area contributed by atoms with Gasteiger partial charge in [0.1, 0.15) is 0 Å². The zero-order valence-corrected chi connectivity index (χ0v) is 20.2. The van der Waals surface area contributed by atoms with Gasteiger partial charge in [0.15, 0.2) is 5.96 Å². The SMILES string of the molecule is CCNC(=NCCSCc1ccc(C)cc1)N1CCC(c2cnn(C)c2)C1.I. The minimum atomic E-state index is 0. The van der Waals surface area contributed by atoms with Crippen LogP contribution in [0.25, 0.3) is 0 Å². The second-order valence-electron chi connectivity index (χ2n) is 7.15. The number of hydrogen-bond acceptors (Lipinski definition) is 3. The molecule has 1 atom stereocenters. The number of hydrogen-bond donors (Lipinski definition) is 1. The zero-order valence-electron chi connectivity index (χ0n) is 17.1. The maximum Gasteiger partial charge on any atom is 0.193 e. The van der Waals surface area contributed by atoms with Crippen LogP contribution in [0.5, 0.6) is 0 Å². The smallest absolute Gasteiger partial charge is 0.193 e. The molecule has 154 valence electrons. The summed E-state index contributed by atoms with van der Waals surface area (Å²) >= 11 is 1.95. The van der Waals surface area contributed by atoms with E-state index in [9.17, 15) is 0 Å². The van der Waals surface area contributed by atoms with E-state index in [2.05, 4.69) is 59.6 Å². The molecule has 0 spiro atoms. The van der Waals surface area contributed by atoms with Crippen molar-refractivity contribution in [3.05, 3.63) is 53.3 Å². The summed E-state index contributed by atoms with van der Waals surface area (Å²) in [7, 11) is 1.98. The van der Waals surface area contributed by atoms with Crippen LogP contribution in [0.3, 0.4) is 0 Å². The normalized spacial score (nSPS) is 16.9. The molecule has 2 heterocycles. The summed E-state index contributed by atoms with van der Waals surface area (Å²) in [5.41, 5.74) is 4.05. The Balaban J connectivity index is 0.00000280. The Hall–Kier alpha value is -1.22. The van der Waals surface area contributed by atoms with Crippen LogP contribution < -0.4 is 5.32 Å². The fourth-order valence-corrected chi connectivity index (χ4v) is 4.18. The number of aliphatic imine (C=N–C) groups is 1. The molecule has 0 amide bonds. The van der Waals surface area contributed by atoms with Crippen molar-refractivity contribution in [1.82, 2.24) is 20.0 Å². The van der Waals surface area contributed by atoms with Gasteiger partial charge >= 0.3 is 0 Å². The van der Waals surface area contributed by atoms with E-state index in [1.54, 1.807) is 0 Å². The lowest BCUT2D eigenvalue weighted by molar-refractivity contribution is 0.487. The lowest BCUT2D eigenvalue weighted by Gasteiger charge is -2.21. The van der Waals surface area contributed by atoms with Crippen LogP contribution in [0.1, 0.15) is 36.0 Å². The summed E-state index contributed by atoms with van der Waals surface area (Å²) < 4.78 is 1.89. The monoisotopic (exact) mass is 513 g/mol. The molecule has 1 aromatic heterocycles. The summed E-state index contributed by atoms with van der Waals surface area (Å²) in [6, 6.07) is 8.81. The fraction of sp³-hybridized carbons (Fsp3) is 0.524. The molecule has 0 saturated carbocycles. The van der Waals surface area contributed by atoms with Crippen LogP contribution in [-0.4, -0.2) is 52.6 Å². The number of aryl methyl sites for hydroxylation is 2. The van der Waals surface area contributed by atoms with Crippen LogP contribution in [-0.2, 0) is 12.8 Å². The number of likely N-dealkylation sites (tertiary alicyclic amines) is 1. The van der Waals surface area contributed by atoms with E-state index in [-0.39, 0.29) is 24.0 Å². The molecule has 28 heavy (non-hydrogen) atoms. The molecular formula is C21H32IN5S. The molecule has 7 heteroatoms. The summed E-state index contributed by atoms with van der Waals surface area (Å²) in [5.74, 6) is 3.71. The van der Waals surface area contributed by atoms with Gasteiger partial charge in [0.05, 0.1) is 12.7 Å². The molecular weight excluding hydrogens is 481 g/mol. The highest BCUT2D eigenvalue weighted by Gasteiger charge is 2.26. The van der Waals surface area contributed by atoms with Crippen molar-refractivity contribution in [1.29, 1.82) is 0 Å². The second kappa shape index (κ2) is 11.7. The Labute approximate surface area is 190 Å². The first-order chi connectivity index (χ1) is 13.2. The second-order valence-corrected chi connectivity index (χ2v) is 8.26. The fourth-order valence-electron chi connectivity index (χ4n) is 3.39. The first kappa shape index (κ1) is 23.1. The maximum atomic E-state index is 4.86. The Kier molecular flexibility index (Phi) is 9.64. The molecule has 0 aliphatic carbocycles. The number of rotatable bonds is 7. The minimum absolute atomic E-state index is 0. The van der Waals surface area contributed by atoms with Gasteiger partial charge in [-0.1, -0.05) is 29.8 Å². The van der Waals surface area contributed by atoms with Crippen molar-refractivity contribution in [2.75, 3.05) is 31.9 Å². The number of thioether (sulfide) groups is 1. The average molecular weight is 513 g/mol. The summed E-state index contributed by atoms with van der Waals surface area (Å²) in [5, 5.41) is 7.78. The summed E-state index contributed by atoms with van der Waals surface area (Å²) in [4.78, 5) is 7.26. The van der Waals surface area contributed by atoms with E-state index in [0.717, 1.165) is 50.1 Å². The number of halogens is 1. The van der Waals surface area contributed by atoms with Gasteiger partial charge in [-0.05, 0) is 31.4 Å². The molecule has 1 fully saturated rings. The first-order valence-electron chi connectivity index (χ1n) is 9.80. The largest absolute Gasteiger partial charge is 0.357 e. The maximum absolute atomic E-state index is 4.86. The van der Waals surface area contributed by atoms with Crippen LogP contribution >= 0.6 is 35.7 Å². The van der Waals surface area contributed by atoms with Gasteiger partial charge < -0.3 is 10.2 Å². The van der Waals surface area contributed by atoms with Gasteiger partial charge in [-0.25, -0.2) is 0 Å². The Morgan fingerprint density at radius 3 is 2.79 bits per heavy atom. The van der Waals surface area contributed by atoms with Gasteiger partial charge in [-0.2, -0.15) is 16.9 Å². The van der Waals surface area contributed by atoms with Crippen LogP contribution in [0, 0.1) is 6.92 Å². The number of aromatic nitrogens is 2. The van der Waals surface area contributed by atoms with Gasteiger partial charge in [-0.15, -0.1) is 24.0 Å². The predicted molar refractivity (Wildman–Crippen MR) is 131 cm³/mol. The van der Waals surface area contributed by atoms with Crippen molar-refractivity contribution in [2.45, 2.75) is 31.9 Å². The molecule has 2 aromatic rings. The van der Waals surface area contributed by atoms with Crippen LogP contribution in [0.2, 0.25) is 0 Å². The standard InChI is InChI=1S/C21H31N5S.HI/c1-4-22-21(23-10-12-27-16-18-7-5-17(2)6-8-18)26-11-9-19(15-26)20-13-24-25(3)14-20;/h5-8,13-14,19H,4,9-12,15-16H2,1-3H3,(H,22,23);1H. The van der Waals surface area contributed by atoms with Crippen molar-refractivity contribution in [3.8, 4) is 0 Å². The third-order valence-electron chi connectivity index (χ3n) is 4.91. The van der Waals surface area contributed by atoms with E-state index in [0.29, 0.717) is 5.92 Å². The highest BCUT2D eigenvalue weighted by Crippen LogP contribution is 2.26. The van der Waals surface area contributed by atoms with Crippen molar-refractivity contribution < 1.29 is 0 Å². The van der Waals surface area contributed by atoms with Crippen molar-refractivity contribution in [2.24, 2.45) is 12.0 Å². The lowest BCUT2D eigenvalue weighted by atomic mass is 10.0. The first-order valence-corrected chi connectivity index (χ1v) is 11.0. The Morgan fingerprint density at radius 2 is 2.11 bits per heavy atom. The third-order valence-corrected chi connectivity index (χ3v) is 5.91. The molecule has 1 aromatic carbocycles. The van der Waals surface area contributed by atoms with Crippen molar-refractivity contribution >= 4 is 41.7 Å². The Bertz CT molecular complexity index is 744. The molecule has 1 unspecified atom stereocenters. The van der Waals surface area contributed by atoms with E-state index in [1.165, 1.54) is 16.7 Å². The zero-order chi connectivity index (χ0) is 19.1. The highest BCUT2D eigenvalue weighted by molar-refractivity contribution is 14.0. The van der Waals surface area contributed by atoms with Crippen molar-refractivity contribution in [3.63, 3.8) is 0 Å². The van der Waals surface area contributed by atoms with Gasteiger partial charge in [0.2, 0.25) is 0 Å². The van der Waals surface area contributed by atoms with Gasteiger partial charge in [-0.3, -0.25) is 9.67 Å². The van der Waals surface area contributed by atoms with E-state index in [1.807, 2.05) is 29.7 Å². The molecule has 1 saturated heterocycles. The number of benzene rings is 1. The number of nitrogens with zero attached hydrogens (tertiary/aromatic N) is 4. The minimum Gasteiger partial charge on any atom is -0.357 e. The van der Waals surface area contributed by atoms with E-state index in [4.69, 9.17) is 4.99 Å². The van der Waals surface area contributed by atoms with Gasteiger partial charge in [0.25, 0.3) is 0 Å². The highest BCUT2D eigenvalue weighted by atomic mass is 127. The quantitative estimate of drug-likeness (QED) is 0.263. The molecule has 5 nitrogen and oxygen atoms in total. The molecule has 0 radical (unpaired) electrons. The van der Waals surface area contributed by atoms with Crippen LogP contribution in [0.15, 0.2) is 41.7 Å². The third kappa shape index (κ3) is 6.69. The van der Waals surface area contributed by atoms with E-state index < -0.39 is 0 Å². The average Bonchev–Trinajstić information content (AvgIpc) is 3.31. The number of guanidine groups is 1. The molecule has 1 N–H and O–H groups in total. The van der Waals surface area contributed by atoms with Gasteiger partial charge in [0, 0.05) is 50.3 Å². The molecule has 1 aliphatic heterocycles. The summed E-state index contributed by atoms with van der Waals surface area (Å²) in [6.07, 6.45) is 5.30. The Morgan fingerprint density at radius 1 is 1.32 bits per heavy atom. The van der Waals surface area contributed by atoms with E-state index >= 15 is 0 Å². The topological polar surface area (TPSA) is 45.5 Å².